The summed E-state index contributed by atoms with van der Waals surface area (Å²) in [4.78, 5) is 17.3. The number of hydrogen-bond donors (Lipinski definition) is 1. The van der Waals surface area contributed by atoms with Crippen LogP contribution in [0.1, 0.15) is 127 Å². The normalized spacial score (nSPS) is 23.1. The van der Waals surface area contributed by atoms with Crippen molar-refractivity contribution in [1.29, 1.82) is 0 Å². The fourth-order valence-corrected chi connectivity index (χ4v) is 7.16. The van der Waals surface area contributed by atoms with E-state index in [0.717, 1.165) is 37.8 Å². The van der Waals surface area contributed by atoms with Gasteiger partial charge in [-0.3, -0.25) is 4.79 Å². The van der Waals surface area contributed by atoms with Gasteiger partial charge in [0.25, 0.3) is 0 Å². The van der Waals surface area contributed by atoms with Crippen LogP contribution in [0, 0.1) is 5.92 Å². The Hall–Kier alpha value is -1.52. The number of carbonyl (C=O) groups is 1. The second-order valence-corrected chi connectivity index (χ2v) is 13.3. The fourth-order valence-electron chi connectivity index (χ4n) is 6.15. The van der Waals surface area contributed by atoms with Crippen molar-refractivity contribution >= 4 is 17.1 Å². The lowest BCUT2D eigenvalue weighted by Crippen LogP contribution is -2.33. The van der Waals surface area contributed by atoms with Crippen LogP contribution in [0.25, 0.3) is 11.3 Å². The number of aliphatic hydroxyl groups is 1. The van der Waals surface area contributed by atoms with Gasteiger partial charge >= 0.3 is 0 Å². The highest BCUT2D eigenvalue weighted by Gasteiger charge is 2.37. The average Bonchev–Trinajstić information content (AvgIpc) is 3.34. The van der Waals surface area contributed by atoms with Crippen molar-refractivity contribution in [3.63, 3.8) is 0 Å². The number of aliphatic hydroxyl groups excluding tert-OH is 1. The summed E-state index contributed by atoms with van der Waals surface area (Å²) >= 11 is 1.84. The van der Waals surface area contributed by atoms with Crippen molar-refractivity contribution in [2.24, 2.45) is 5.92 Å². The molecule has 0 saturated heterocycles. The van der Waals surface area contributed by atoms with Crippen LogP contribution in [0.2, 0.25) is 0 Å². The molecule has 1 N–H and O–H groups in total. The number of hydrogen-bond acceptors (Lipinski definition) is 4. The third-order valence-electron chi connectivity index (χ3n) is 8.81. The molecule has 0 unspecified atom stereocenters. The molecule has 0 atom stereocenters. The molecule has 1 saturated carbocycles. The summed E-state index contributed by atoms with van der Waals surface area (Å²) in [5.41, 5.74) is 5.89. The van der Waals surface area contributed by atoms with Gasteiger partial charge in [-0.1, -0.05) is 46.2 Å². The standard InChI is InChI=1S/C31H45NO2S/c1-30(2)17-18-31(3,4)27-20-24(14-16-26(27)30)28-21-35-29(32-28)23-12-9-22(10-13-23)11-15-25(34)8-6-5-7-19-33/h14,16,20-23,33H,5-13,15,17-19H2,1-4H3. The summed E-state index contributed by atoms with van der Waals surface area (Å²) in [6, 6.07) is 7.08. The monoisotopic (exact) mass is 495 g/mol. The molecule has 1 fully saturated rings. The van der Waals surface area contributed by atoms with Crippen LogP contribution in [-0.4, -0.2) is 22.5 Å². The first kappa shape index (κ1) is 26.5. The first-order valence-electron chi connectivity index (χ1n) is 13.9. The highest BCUT2D eigenvalue weighted by Crippen LogP contribution is 2.47. The molecule has 1 heterocycles. The molecule has 0 radical (unpaired) electrons. The lowest BCUT2D eigenvalue weighted by atomic mass is 9.63. The van der Waals surface area contributed by atoms with Crippen LogP contribution in [0.4, 0.5) is 0 Å². The maximum absolute atomic E-state index is 12.2. The molecule has 192 valence electrons. The zero-order valence-corrected chi connectivity index (χ0v) is 23.2. The van der Waals surface area contributed by atoms with Crippen molar-refractivity contribution in [2.75, 3.05) is 6.61 Å². The van der Waals surface area contributed by atoms with Crippen molar-refractivity contribution in [2.45, 2.75) is 121 Å². The summed E-state index contributed by atoms with van der Waals surface area (Å²) < 4.78 is 0. The lowest BCUT2D eigenvalue weighted by molar-refractivity contribution is -0.119. The minimum Gasteiger partial charge on any atom is -0.396 e. The van der Waals surface area contributed by atoms with E-state index in [1.54, 1.807) is 0 Å². The Morgan fingerprint density at radius 3 is 2.40 bits per heavy atom. The van der Waals surface area contributed by atoms with Gasteiger partial charge in [0.1, 0.15) is 5.78 Å². The number of benzene rings is 1. The first-order chi connectivity index (χ1) is 16.7. The van der Waals surface area contributed by atoms with Crippen molar-refractivity contribution in [3.8, 4) is 11.3 Å². The quantitative estimate of drug-likeness (QED) is 0.337. The van der Waals surface area contributed by atoms with E-state index in [1.165, 1.54) is 60.2 Å². The third kappa shape index (κ3) is 6.43. The van der Waals surface area contributed by atoms with Crippen LogP contribution in [-0.2, 0) is 15.6 Å². The van der Waals surface area contributed by atoms with E-state index in [0.29, 0.717) is 24.0 Å². The van der Waals surface area contributed by atoms with E-state index in [2.05, 4.69) is 51.3 Å². The molecular formula is C31H45NO2S. The largest absolute Gasteiger partial charge is 0.396 e. The van der Waals surface area contributed by atoms with Gasteiger partial charge in [0.05, 0.1) is 10.7 Å². The van der Waals surface area contributed by atoms with E-state index in [4.69, 9.17) is 10.1 Å². The average molecular weight is 496 g/mol. The van der Waals surface area contributed by atoms with Crippen LogP contribution >= 0.6 is 11.3 Å². The molecule has 0 amide bonds. The zero-order chi connectivity index (χ0) is 25.1. The zero-order valence-electron chi connectivity index (χ0n) is 22.4. The Labute approximate surface area is 216 Å². The summed E-state index contributed by atoms with van der Waals surface area (Å²) in [7, 11) is 0. The summed E-state index contributed by atoms with van der Waals surface area (Å²) in [5.74, 6) is 1.68. The maximum Gasteiger partial charge on any atom is 0.132 e. The highest BCUT2D eigenvalue weighted by molar-refractivity contribution is 7.10. The Kier molecular flexibility index (Phi) is 8.53. The van der Waals surface area contributed by atoms with Gasteiger partial charge in [0, 0.05) is 36.3 Å². The Morgan fingerprint density at radius 2 is 1.69 bits per heavy atom. The minimum atomic E-state index is 0.221. The van der Waals surface area contributed by atoms with E-state index in [1.807, 2.05) is 11.3 Å². The summed E-state index contributed by atoms with van der Waals surface area (Å²) in [6.45, 7) is 9.78. The topological polar surface area (TPSA) is 50.2 Å². The van der Waals surface area contributed by atoms with Crippen LogP contribution in [0.3, 0.4) is 0 Å². The number of nitrogens with zero attached hydrogens (tertiary/aromatic N) is 1. The minimum absolute atomic E-state index is 0.221. The van der Waals surface area contributed by atoms with Crippen LogP contribution in [0.15, 0.2) is 23.6 Å². The number of ketones is 1. The van der Waals surface area contributed by atoms with Crippen molar-refractivity contribution < 1.29 is 9.90 Å². The molecule has 4 rings (SSSR count). The van der Waals surface area contributed by atoms with Crippen LogP contribution in [0.5, 0.6) is 0 Å². The van der Waals surface area contributed by atoms with Gasteiger partial charge in [-0.2, -0.15) is 0 Å². The van der Waals surface area contributed by atoms with E-state index >= 15 is 0 Å². The predicted octanol–water partition coefficient (Wildman–Crippen LogP) is 8.33. The molecule has 1 aromatic carbocycles. The summed E-state index contributed by atoms with van der Waals surface area (Å²) in [5, 5.41) is 12.4. The summed E-state index contributed by atoms with van der Waals surface area (Å²) in [6.07, 6.45) is 12.5. The Balaban J connectivity index is 1.32. The number of fused-ring (bicyclic) bond motifs is 1. The van der Waals surface area contributed by atoms with E-state index in [9.17, 15) is 4.79 Å². The molecule has 1 aromatic heterocycles. The van der Waals surface area contributed by atoms with Gasteiger partial charge in [0.2, 0.25) is 0 Å². The van der Waals surface area contributed by atoms with Crippen LogP contribution < -0.4 is 0 Å². The maximum atomic E-state index is 12.2. The number of carbonyl (C=O) groups excluding carboxylic acids is 1. The molecular weight excluding hydrogens is 450 g/mol. The molecule has 3 nitrogen and oxygen atoms in total. The highest BCUT2D eigenvalue weighted by atomic mass is 32.1. The molecule has 2 aliphatic rings. The smallest absolute Gasteiger partial charge is 0.132 e. The number of rotatable bonds is 10. The number of aromatic nitrogens is 1. The van der Waals surface area contributed by atoms with Gasteiger partial charge in [-0.05, 0) is 91.7 Å². The second-order valence-electron chi connectivity index (χ2n) is 12.4. The number of Topliss-reactive ketones (excluding diaryl/α,β-unsaturated/α-hetero) is 1. The van der Waals surface area contributed by atoms with Gasteiger partial charge in [-0.15, -0.1) is 11.3 Å². The molecule has 0 bridgehead atoms. The Bertz CT molecular complexity index is 997. The Morgan fingerprint density at radius 1 is 0.971 bits per heavy atom. The number of unbranched alkanes of at least 4 members (excludes halogenated alkanes) is 2. The first-order valence-corrected chi connectivity index (χ1v) is 14.8. The number of thiazole rings is 1. The molecule has 0 aliphatic heterocycles. The SMILES string of the molecule is CC1(C)CCC(C)(C)c2cc(-c3csc(C4CCC(CCC(=O)CCCCCO)CC4)n3)ccc21. The third-order valence-corrected chi connectivity index (χ3v) is 9.82. The predicted molar refractivity (Wildman–Crippen MR) is 147 cm³/mol. The molecule has 35 heavy (non-hydrogen) atoms. The fraction of sp³-hybridized carbons (Fsp3) is 0.677. The van der Waals surface area contributed by atoms with Gasteiger partial charge < -0.3 is 5.11 Å². The van der Waals surface area contributed by atoms with Crippen molar-refractivity contribution in [3.05, 3.63) is 39.7 Å². The molecule has 2 aromatic rings. The molecule has 0 spiro atoms. The van der Waals surface area contributed by atoms with E-state index in [-0.39, 0.29) is 17.4 Å². The van der Waals surface area contributed by atoms with Gasteiger partial charge in [0.15, 0.2) is 0 Å². The lowest BCUT2D eigenvalue weighted by Gasteiger charge is -2.42. The molecule has 2 aliphatic carbocycles. The molecule has 4 heteroatoms. The van der Waals surface area contributed by atoms with Crippen molar-refractivity contribution in [1.82, 2.24) is 4.98 Å². The second kappa shape index (κ2) is 11.3. The van der Waals surface area contributed by atoms with Gasteiger partial charge in [-0.25, -0.2) is 4.98 Å². The van der Waals surface area contributed by atoms with E-state index < -0.39 is 0 Å².